The third kappa shape index (κ3) is 5.07. The van der Waals surface area contributed by atoms with Crippen LogP contribution in [-0.4, -0.2) is 36.6 Å². The highest BCUT2D eigenvalue weighted by atomic mass is 15.1. The van der Waals surface area contributed by atoms with Crippen LogP contribution in [0.4, 0.5) is 0 Å². The molecule has 0 bridgehead atoms. The second-order valence-corrected chi connectivity index (χ2v) is 7.75. The molecule has 0 aromatic heterocycles. The van der Waals surface area contributed by atoms with Crippen LogP contribution in [0.25, 0.3) is 0 Å². The van der Waals surface area contributed by atoms with Gasteiger partial charge in [0.1, 0.15) is 0 Å². The second-order valence-electron chi connectivity index (χ2n) is 7.75. The van der Waals surface area contributed by atoms with E-state index in [0.29, 0.717) is 0 Å². The molecule has 2 unspecified atom stereocenters. The van der Waals surface area contributed by atoms with Crippen molar-refractivity contribution in [3.05, 3.63) is 0 Å². The van der Waals surface area contributed by atoms with Crippen LogP contribution < -0.4 is 5.32 Å². The Morgan fingerprint density at radius 3 is 2.05 bits per heavy atom. The van der Waals surface area contributed by atoms with Crippen molar-refractivity contribution in [3.8, 4) is 0 Å². The third-order valence-electron chi connectivity index (χ3n) is 4.86. The minimum absolute atomic E-state index is 0.783. The molecule has 1 heterocycles. The predicted octanol–water partition coefficient (Wildman–Crippen LogP) is 3.52. The molecule has 1 saturated carbocycles. The van der Waals surface area contributed by atoms with Crippen LogP contribution >= 0.6 is 0 Å². The predicted molar refractivity (Wildman–Crippen MR) is 83.4 cm³/mol. The van der Waals surface area contributed by atoms with Gasteiger partial charge in [0.15, 0.2) is 0 Å². The van der Waals surface area contributed by atoms with Gasteiger partial charge in [0.2, 0.25) is 0 Å². The fraction of sp³-hybridized carbons (Fsp3) is 1.00. The molecule has 0 spiro atoms. The maximum atomic E-state index is 3.97. The first-order valence-electron chi connectivity index (χ1n) is 8.51. The van der Waals surface area contributed by atoms with E-state index in [1.54, 1.807) is 0 Å². The van der Waals surface area contributed by atoms with Gasteiger partial charge in [0.25, 0.3) is 0 Å². The summed E-state index contributed by atoms with van der Waals surface area (Å²) in [7, 11) is 0. The molecule has 2 nitrogen and oxygen atoms in total. The van der Waals surface area contributed by atoms with E-state index in [4.69, 9.17) is 0 Å². The van der Waals surface area contributed by atoms with Gasteiger partial charge in [-0.25, -0.2) is 0 Å². The first kappa shape index (κ1) is 15.3. The monoisotopic (exact) mass is 266 g/mol. The molecule has 2 atom stereocenters. The summed E-state index contributed by atoms with van der Waals surface area (Å²) in [6.07, 6.45) is 6.94. The van der Waals surface area contributed by atoms with Crippen LogP contribution in [0.1, 0.15) is 59.8 Å². The van der Waals surface area contributed by atoms with E-state index in [1.165, 1.54) is 51.7 Å². The topological polar surface area (TPSA) is 15.3 Å². The van der Waals surface area contributed by atoms with Crippen LogP contribution in [-0.2, 0) is 0 Å². The number of piperidine rings is 1. The molecule has 2 heteroatoms. The largest absolute Gasteiger partial charge is 0.311 e. The van der Waals surface area contributed by atoms with Gasteiger partial charge < -0.3 is 10.2 Å². The molecular formula is C17H34N2. The first-order chi connectivity index (χ1) is 9.02. The number of rotatable bonds is 4. The number of hydrogen-bond donors (Lipinski definition) is 1. The maximum Gasteiger partial charge on any atom is 0.00940 e. The lowest BCUT2D eigenvalue weighted by Crippen LogP contribution is -2.48. The summed E-state index contributed by atoms with van der Waals surface area (Å²) in [6, 6.07) is 1.58. The van der Waals surface area contributed by atoms with E-state index in [2.05, 4.69) is 37.9 Å². The average molecular weight is 266 g/mol. The zero-order chi connectivity index (χ0) is 13.8. The second kappa shape index (κ2) is 7.08. The lowest BCUT2D eigenvalue weighted by molar-refractivity contribution is 0.156. The molecule has 1 saturated heterocycles. The van der Waals surface area contributed by atoms with Crippen molar-refractivity contribution in [2.45, 2.75) is 71.9 Å². The standard InChI is InChI=1S/C17H34N2/c1-13(2)12-19-7-5-16(6-8-19)18-17-10-14(3)9-15(4)11-17/h13-18H,5-12H2,1-4H3. The summed E-state index contributed by atoms with van der Waals surface area (Å²) in [5, 5.41) is 3.97. The van der Waals surface area contributed by atoms with E-state index in [1.807, 2.05) is 0 Å². The fourth-order valence-electron chi connectivity index (χ4n) is 4.21. The van der Waals surface area contributed by atoms with Gasteiger partial charge in [-0.15, -0.1) is 0 Å². The summed E-state index contributed by atoms with van der Waals surface area (Å²) in [6.45, 7) is 13.4. The average Bonchev–Trinajstić information content (AvgIpc) is 2.29. The summed E-state index contributed by atoms with van der Waals surface area (Å²) in [5.74, 6) is 2.65. The van der Waals surface area contributed by atoms with Gasteiger partial charge in [0.05, 0.1) is 0 Å². The molecule has 0 radical (unpaired) electrons. The molecule has 19 heavy (non-hydrogen) atoms. The number of hydrogen-bond acceptors (Lipinski definition) is 2. The van der Waals surface area contributed by atoms with Crippen molar-refractivity contribution in [3.63, 3.8) is 0 Å². The first-order valence-corrected chi connectivity index (χ1v) is 8.51. The molecule has 2 rings (SSSR count). The van der Waals surface area contributed by atoms with Crippen molar-refractivity contribution in [2.24, 2.45) is 17.8 Å². The van der Waals surface area contributed by atoms with Crippen molar-refractivity contribution in [1.82, 2.24) is 10.2 Å². The zero-order valence-electron chi connectivity index (χ0n) is 13.5. The van der Waals surface area contributed by atoms with Crippen molar-refractivity contribution < 1.29 is 0 Å². The van der Waals surface area contributed by atoms with Crippen LogP contribution in [0, 0.1) is 17.8 Å². The Labute approximate surface area is 120 Å². The van der Waals surface area contributed by atoms with E-state index in [-0.39, 0.29) is 0 Å². The molecule has 1 aliphatic heterocycles. The van der Waals surface area contributed by atoms with Crippen LogP contribution in [0.3, 0.4) is 0 Å². The fourth-order valence-corrected chi connectivity index (χ4v) is 4.21. The summed E-state index contributed by atoms with van der Waals surface area (Å²) >= 11 is 0. The molecule has 1 N–H and O–H groups in total. The number of nitrogens with zero attached hydrogens (tertiary/aromatic N) is 1. The summed E-state index contributed by atoms with van der Waals surface area (Å²) in [5.41, 5.74) is 0. The van der Waals surface area contributed by atoms with Gasteiger partial charge in [-0.2, -0.15) is 0 Å². The molecular weight excluding hydrogens is 232 g/mol. The number of nitrogens with one attached hydrogen (secondary N) is 1. The van der Waals surface area contributed by atoms with Crippen LogP contribution in [0.2, 0.25) is 0 Å². The summed E-state index contributed by atoms with van der Waals surface area (Å²) < 4.78 is 0. The Bertz CT molecular complexity index is 246. The smallest absolute Gasteiger partial charge is 0.00940 e. The van der Waals surface area contributed by atoms with Crippen molar-refractivity contribution in [1.29, 1.82) is 0 Å². The minimum atomic E-state index is 0.783. The minimum Gasteiger partial charge on any atom is -0.311 e. The third-order valence-corrected chi connectivity index (χ3v) is 4.86. The molecule has 0 aromatic rings. The lowest BCUT2D eigenvalue weighted by atomic mass is 9.80. The maximum absolute atomic E-state index is 3.97. The Morgan fingerprint density at radius 1 is 0.947 bits per heavy atom. The van der Waals surface area contributed by atoms with Gasteiger partial charge in [-0.3, -0.25) is 0 Å². The van der Waals surface area contributed by atoms with E-state index >= 15 is 0 Å². The van der Waals surface area contributed by atoms with Crippen molar-refractivity contribution in [2.75, 3.05) is 19.6 Å². The normalized spacial score (nSPS) is 34.9. The van der Waals surface area contributed by atoms with Crippen LogP contribution in [0.5, 0.6) is 0 Å². The quantitative estimate of drug-likeness (QED) is 0.837. The SMILES string of the molecule is CC(C)CN1CCC(NC2CC(C)CC(C)C2)CC1. The molecule has 112 valence electrons. The lowest BCUT2D eigenvalue weighted by Gasteiger charge is -2.38. The molecule has 0 amide bonds. The highest BCUT2D eigenvalue weighted by Gasteiger charge is 2.27. The Hall–Kier alpha value is -0.0800. The Kier molecular flexibility index (Phi) is 5.70. The Balaban J connectivity index is 1.70. The van der Waals surface area contributed by atoms with Gasteiger partial charge in [0, 0.05) is 18.6 Å². The molecule has 1 aliphatic carbocycles. The van der Waals surface area contributed by atoms with Crippen LogP contribution in [0.15, 0.2) is 0 Å². The highest BCUT2D eigenvalue weighted by Crippen LogP contribution is 2.29. The van der Waals surface area contributed by atoms with Gasteiger partial charge in [-0.05, 0) is 62.9 Å². The Morgan fingerprint density at radius 2 is 1.53 bits per heavy atom. The van der Waals surface area contributed by atoms with Gasteiger partial charge >= 0.3 is 0 Å². The van der Waals surface area contributed by atoms with E-state index in [0.717, 1.165) is 29.8 Å². The zero-order valence-corrected chi connectivity index (χ0v) is 13.5. The highest BCUT2D eigenvalue weighted by molar-refractivity contribution is 4.85. The molecule has 2 fully saturated rings. The van der Waals surface area contributed by atoms with E-state index < -0.39 is 0 Å². The van der Waals surface area contributed by atoms with Gasteiger partial charge in [-0.1, -0.05) is 27.7 Å². The molecule has 2 aliphatic rings. The molecule has 0 aromatic carbocycles. The number of likely N-dealkylation sites (tertiary alicyclic amines) is 1. The van der Waals surface area contributed by atoms with E-state index in [9.17, 15) is 0 Å². The van der Waals surface area contributed by atoms with Crippen molar-refractivity contribution >= 4 is 0 Å². The summed E-state index contributed by atoms with van der Waals surface area (Å²) in [4.78, 5) is 2.65.